The molecular weight excluding hydrogens is 418 g/mol. The van der Waals surface area contributed by atoms with Crippen LogP contribution in [0.15, 0.2) is 66.9 Å². The first kappa shape index (κ1) is 25.9. The average Bonchev–Trinajstić information content (AvgIpc) is 2.87. The zero-order valence-electron chi connectivity index (χ0n) is 20.8. The van der Waals surface area contributed by atoms with Crippen molar-refractivity contribution in [2.75, 3.05) is 0 Å². The van der Waals surface area contributed by atoms with E-state index in [1.807, 2.05) is 0 Å². The number of aryl methyl sites for hydroxylation is 1. The molecule has 0 saturated carbocycles. The Morgan fingerprint density at radius 3 is 2.38 bits per heavy atom. The van der Waals surface area contributed by atoms with Gasteiger partial charge in [0.1, 0.15) is 0 Å². The summed E-state index contributed by atoms with van der Waals surface area (Å²) in [6.45, 7) is 2.26. The maximum Gasteiger partial charge on any atom is 0.303 e. The third-order valence-electron chi connectivity index (χ3n) is 7.04. The van der Waals surface area contributed by atoms with E-state index in [4.69, 9.17) is 10.1 Å². The Balaban J connectivity index is 1.65. The Labute approximate surface area is 206 Å². The van der Waals surface area contributed by atoms with Crippen LogP contribution in [0.1, 0.15) is 101 Å². The monoisotopic (exact) mass is 459 g/mol. The van der Waals surface area contributed by atoms with Crippen LogP contribution >= 0.6 is 0 Å². The van der Waals surface area contributed by atoms with E-state index in [2.05, 4.69) is 73.8 Å². The number of pyridine rings is 1. The molecule has 1 heterocycles. The molecule has 2 aromatic rings. The van der Waals surface area contributed by atoms with Crippen LogP contribution in [0.2, 0.25) is 0 Å². The molecular formula is C31H41NO2. The second-order valence-corrected chi connectivity index (χ2v) is 9.74. The lowest BCUT2D eigenvalue weighted by Gasteiger charge is -2.32. The number of benzene rings is 1. The molecule has 1 unspecified atom stereocenters. The molecule has 0 bridgehead atoms. The van der Waals surface area contributed by atoms with Crippen LogP contribution in [-0.2, 0) is 16.6 Å². The number of rotatable bonds is 15. The highest BCUT2D eigenvalue weighted by Gasteiger charge is 2.31. The smallest absolute Gasteiger partial charge is 0.303 e. The van der Waals surface area contributed by atoms with Gasteiger partial charge in [0.2, 0.25) is 0 Å². The van der Waals surface area contributed by atoms with Gasteiger partial charge in [0.25, 0.3) is 0 Å². The Morgan fingerprint density at radius 2 is 1.71 bits per heavy atom. The number of unbranched alkanes of at least 4 members (excludes halogenated alkanes) is 7. The first-order valence-electron chi connectivity index (χ1n) is 13.2. The van der Waals surface area contributed by atoms with Gasteiger partial charge < -0.3 is 5.11 Å². The summed E-state index contributed by atoms with van der Waals surface area (Å²) >= 11 is 0. The highest BCUT2D eigenvalue weighted by molar-refractivity contribution is 5.75. The normalized spacial score (nSPS) is 17.5. The van der Waals surface area contributed by atoms with E-state index in [-0.39, 0.29) is 11.8 Å². The number of hydrogen-bond acceptors (Lipinski definition) is 2. The van der Waals surface area contributed by atoms with E-state index in [9.17, 15) is 4.79 Å². The number of carboxylic acid groups (broad SMARTS) is 1. The third kappa shape index (κ3) is 7.97. The van der Waals surface area contributed by atoms with Crippen molar-refractivity contribution >= 4 is 11.5 Å². The SMILES string of the molecule is CCCCCCCc1ccc(C2(CCCCCCC(=O)O)C=CC(c3ccccc3)=CC2)nc1. The van der Waals surface area contributed by atoms with Crippen LogP contribution in [0.25, 0.3) is 5.57 Å². The summed E-state index contributed by atoms with van der Waals surface area (Å²) in [5.41, 5.74) is 4.95. The Bertz CT molecular complexity index is 930. The van der Waals surface area contributed by atoms with Crippen molar-refractivity contribution in [2.24, 2.45) is 0 Å². The molecule has 0 fully saturated rings. The molecule has 1 atom stereocenters. The van der Waals surface area contributed by atoms with E-state index < -0.39 is 5.97 Å². The lowest BCUT2D eigenvalue weighted by atomic mass is 9.72. The molecule has 1 aromatic carbocycles. The van der Waals surface area contributed by atoms with Gasteiger partial charge in [-0.2, -0.15) is 0 Å². The minimum absolute atomic E-state index is 0.0786. The summed E-state index contributed by atoms with van der Waals surface area (Å²) in [6.07, 6.45) is 22.9. The fraction of sp³-hybridized carbons (Fsp3) is 0.484. The molecule has 182 valence electrons. The summed E-state index contributed by atoms with van der Waals surface area (Å²) in [5, 5.41) is 8.87. The predicted molar refractivity (Wildman–Crippen MR) is 142 cm³/mol. The van der Waals surface area contributed by atoms with Crippen LogP contribution in [0, 0.1) is 0 Å². The average molecular weight is 460 g/mol. The van der Waals surface area contributed by atoms with Crippen LogP contribution in [0.3, 0.4) is 0 Å². The molecule has 0 aliphatic heterocycles. The lowest BCUT2D eigenvalue weighted by Crippen LogP contribution is -2.26. The van der Waals surface area contributed by atoms with E-state index in [1.54, 1.807) is 0 Å². The molecule has 1 aliphatic rings. The number of carboxylic acids is 1. The maximum atomic E-state index is 10.8. The van der Waals surface area contributed by atoms with Crippen molar-refractivity contribution in [1.82, 2.24) is 4.98 Å². The highest BCUT2D eigenvalue weighted by Crippen LogP contribution is 2.40. The van der Waals surface area contributed by atoms with Gasteiger partial charge in [-0.25, -0.2) is 0 Å². The van der Waals surface area contributed by atoms with Gasteiger partial charge in [0.05, 0.1) is 5.69 Å². The number of aromatic nitrogens is 1. The van der Waals surface area contributed by atoms with Crippen molar-refractivity contribution in [3.8, 4) is 0 Å². The molecule has 3 nitrogen and oxygen atoms in total. The van der Waals surface area contributed by atoms with Gasteiger partial charge in [-0.3, -0.25) is 9.78 Å². The van der Waals surface area contributed by atoms with Crippen molar-refractivity contribution in [2.45, 2.75) is 95.8 Å². The molecule has 0 radical (unpaired) electrons. The van der Waals surface area contributed by atoms with Gasteiger partial charge in [-0.1, -0.05) is 106 Å². The summed E-state index contributed by atoms with van der Waals surface area (Å²) in [5.74, 6) is -0.695. The Hall–Kier alpha value is -2.68. The van der Waals surface area contributed by atoms with Crippen LogP contribution < -0.4 is 0 Å². The molecule has 0 spiro atoms. The topological polar surface area (TPSA) is 50.2 Å². The molecule has 0 saturated heterocycles. The second-order valence-electron chi connectivity index (χ2n) is 9.74. The van der Waals surface area contributed by atoms with Gasteiger partial charge in [0, 0.05) is 18.0 Å². The number of carbonyl (C=O) groups is 1. The molecule has 3 heteroatoms. The summed E-state index contributed by atoms with van der Waals surface area (Å²) < 4.78 is 0. The molecule has 1 aromatic heterocycles. The van der Waals surface area contributed by atoms with Crippen molar-refractivity contribution in [1.29, 1.82) is 0 Å². The fourth-order valence-electron chi connectivity index (χ4n) is 4.90. The summed E-state index contributed by atoms with van der Waals surface area (Å²) in [7, 11) is 0. The Kier molecular flexibility index (Phi) is 10.6. The van der Waals surface area contributed by atoms with Gasteiger partial charge >= 0.3 is 5.97 Å². The second kappa shape index (κ2) is 13.9. The minimum Gasteiger partial charge on any atom is -0.481 e. The lowest BCUT2D eigenvalue weighted by molar-refractivity contribution is -0.137. The van der Waals surface area contributed by atoms with Crippen molar-refractivity contribution in [3.63, 3.8) is 0 Å². The molecule has 1 aliphatic carbocycles. The number of nitrogens with zero attached hydrogens (tertiary/aromatic N) is 1. The minimum atomic E-state index is -0.695. The van der Waals surface area contributed by atoms with Gasteiger partial charge in [-0.05, 0) is 54.9 Å². The first-order chi connectivity index (χ1) is 16.6. The summed E-state index contributed by atoms with van der Waals surface area (Å²) in [6, 6.07) is 15.1. The van der Waals surface area contributed by atoms with E-state index in [0.717, 1.165) is 50.6 Å². The highest BCUT2D eigenvalue weighted by atomic mass is 16.4. The first-order valence-corrected chi connectivity index (χ1v) is 13.2. The van der Waals surface area contributed by atoms with Gasteiger partial charge in [-0.15, -0.1) is 0 Å². The van der Waals surface area contributed by atoms with Crippen molar-refractivity contribution in [3.05, 3.63) is 83.7 Å². The number of allylic oxidation sites excluding steroid dienone is 4. The van der Waals surface area contributed by atoms with Crippen molar-refractivity contribution < 1.29 is 9.90 Å². The fourth-order valence-corrected chi connectivity index (χ4v) is 4.90. The number of hydrogen-bond donors (Lipinski definition) is 1. The van der Waals surface area contributed by atoms with Gasteiger partial charge in [0.15, 0.2) is 0 Å². The molecule has 1 N–H and O–H groups in total. The summed E-state index contributed by atoms with van der Waals surface area (Å²) in [4.78, 5) is 15.7. The number of aliphatic carboxylic acids is 1. The van der Waals surface area contributed by atoms with Crippen LogP contribution in [0.5, 0.6) is 0 Å². The zero-order valence-corrected chi connectivity index (χ0v) is 20.8. The van der Waals surface area contributed by atoms with Crippen LogP contribution in [-0.4, -0.2) is 16.1 Å². The standard InChI is InChI=1S/C31H41NO2/c1-2-3-4-5-9-14-26-18-19-29(32-25-26)31(22-13-7-6-12-17-30(33)34)23-20-28(21-24-31)27-15-10-8-11-16-27/h8,10-11,15-16,18-21,23,25H,2-7,9,12-14,17,22,24H2,1H3,(H,33,34). The third-order valence-corrected chi connectivity index (χ3v) is 7.04. The largest absolute Gasteiger partial charge is 0.481 e. The maximum absolute atomic E-state index is 10.8. The molecule has 34 heavy (non-hydrogen) atoms. The molecule has 3 rings (SSSR count). The zero-order chi connectivity index (χ0) is 24.1. The van der Waals surface area contributed by atoms with E-state index in [0.29, 0.717) is 0 Å². The van der Waals surface area contributed by atoms with E-state index >= 15 is 0 Å². The quantitative estimate of drug-likeness (QED) is 0.272. The van der Waals surface area contributed by atoms with E-state index in [1.165, 1.54) is 48.8 Å². The predicted octanol–water partition coefficient (Wildman–Crippen LogP) is 8.30. The Morgan fingerprint density at radius 1 is 0.941 bits per heavy atom. The van der Waals surface area contributed by atoms with Crippen LogP contribution in [0.4, 0.5) is 0 Å². The molecule has 0 amide bonds.